The van der Waals surface area contributed by atoms with E-state index in [1.807, 2.05) is 6.92 Å². The van der Waals surface area contributed by atoms with Gasteiger partial charge in [0.05, 0.1) is 0 Å². The van der Waals surface area contributed by atoms with Gasteiger partial charge < -0.3 is 5.11 Å². The molecule has 0 radical (unpaired) electrons. The Morgan fingerprint density at radius 1 is 1.35 bits per heavy atom. The van der Waals surface area contributed by atoms with Crippen molar-refractivity contribution in [3.8, 4) is 0 Å². The molecule has 0 bridgehead atoms. The SMILES string of the molecule is CCCCCCSc1ncnc2sc(C(=O)O)c(C)c12. The molecule has 2 rings (SSSR count). The minimum Gasteiger partial charge on any atom is -0.477 e. The maximum atomic E-state index is 11.2. The number of hydrogen-bond donors (Lipinski definition) is 1. The molecule has 0 aromatic carbocycles. The van der Waals surface area contributed by atoms with Crippen LogP contribution in [0.5, 0.6) is 0 Å². The number of nitrogens with zero attached hydrogens (tertiary/aromatic N) is 2. The highest BCUT2D eigenvalue weighted by atomic mass is 32.2. The molecule has 4 nitrogen and oxygen atoms in total. The average Bonchev–Trinajstić information content (AvgIpc) is 2.77. The van der Waals surface area contributed by atoms with Crippen LogP contribution >= 0.6 is 23.1 Å². The zero-order valence-electron chi connectivity index (χ0n) is 11.7. The molecule has 20 heavy (non-hydrogen) atoms. The standard InChI is InChI=1S/C14H18N2O2S2/c1-3-4-5-6-7-19-12-10-9(2)11(14(17)18)20-13(10)16-8-15-12/h8H,3-7H2,1-2H3,(H,17,18). The molecule has 108 valence electrons. The number of unbranched alkanes of at least 4 members (excludes halogenated alkanes) is 3. The Morgan fingerprint density at radius 2 is 2.15 bits per heavy atom. The maximum Gasteiger partial charge on any atom is 0.346 e. The van der Waals surface area contributed by atoms with Crippen LogP contribution in [0.15, 0.2) is 11.4 Å². The highest BCUT2D eigenvalue weighted by Crippen LogP contribution is 2.35. The highest BCUT2D eigenvalue weighted by Gasteiger charge is 2.18. The molecule has 2 aromatic heterocycles. The number of rotatable bonds is 7. The normalized spacial score (nSPS) is 11.1. The van der Waals surface area contributed by atoms with Crippen molar-refractivity contribution < 1.29 is 9.90 Å². The molecular formula is C14H18N2O2S2. The van der Waals surface area contributed by atoms with Gasteiger partial charge in [0.25, 0.3) is 0 Å². The fourth-order valence-corrected chi connectivity index (χ4v) is 4.16. The van der Waals surface area contributed by atoms with Crippen LogP contribution in [0.25, 0.3) is 10.2 Å². The molecule has 0 amide bonds. The summed E-state index contributed by atoms with van der Waals surface area (Å²) in [5, 5.41) is 11.0. The van der Waals surface area contributed by atoms with Crippen molar-refractivity contribution in [3.05, 3.63) is 16.8 Å². The second-order valence-electron chi connectivity index (χ2n) is 4.63. The summed E-state index contributed by atoms with van der Waals surface area (Å²) in [6.07, 6.45) is 6.42. The third-order valence-corrected chi connectivity index (χ3v) is 5.39. The molecule has 0 saturated carbocycles. The van der Waals surface area contributed by atoms with Crippen LogP contribution in [-0.2, 0) is 0 Å². The number of aromatic nitrogens is 2. The summed E-state index contributed by atoms with van der Waals surface area (Å²) in [5.41, 5.74) is 0.786. The Balaban J connectivity index is 2.19. The lowest BCUT2D eigenvalue weighted by atomic mass is 10.2. The lowest BCUT2D eigenvalue weighted by Crippen LogP contribution is -1.94. The second-order valence-corrected chi connectivity index (χ2v) is 6.71. The summed E-state index contributed by atoms with van der Waals surface area (Å²) in [6.45, 7) is 4.04. The number of hydrogen-bond acceptors (Lipinski definition) is 5. The number of thiophene rings is 1. The Labute approximate surface area is 126 Å². The van der Waals surface area contributed by atoms with Crippen molar-refractivity contribution in [2.45, 2.75) is 44.6 Å². The molecule has 2 aromatic rings. The quantitative estimate of drug-likeness (QED) is 0.467. The number of fused-ring (bicyclic) bond motifs is 1. The molecule has 2 heterocycles. The zero-order chi connectivity index (χ0) is 14.5. The third kappa shape index (κ3) is 3.30. The number of carboxylic acid groups (broad SMARTS) is 1. The first kappa shape index (κ1) is 15.3. The lowest BCUT2D eigenvalue weighted by Gasteiger charge is -2.03. The van der Waals surface area contributed by atoms with Gasteiger partial charge >= 0.3 is 5.97 Å². The molecule has 0 aliphatic heterocycles. The van der Waals surface area contributed by atoms with E-state index in [4.69, 9.17) is 0 Å². The number of aryl methyl sites for hydroxylation is 1. The van der Waals surface area contributed by atoms with Crippen molar-refractivity contribution in [2.24, 2.45) is 0 Å². The molecule has 0 unspecified atom stereocenters. The van der Waals surface area contributed by atoms with Crippen LogP contribution in [0, 0.1) is 6.92 Å². The molecule has 0 atom stereocenters. The fraction of sp³-hybridized carbons (Fsp3) is 0.500. The van der Waals surface area contributed by atoms with Crippen LogP contribution in [-0.4, -0.2) is 26.8 Å². The van der Waals surface area contributed by atoms with Crippen molar-refractivity contribution >= 4 is 39.3 Å². The zero-order valence-corrected chi connectivity index (χ0v) is 13.3. The van der Waals surface area contributed by atoms with Gasteiger partial charge in [0.2, 0.25) is 0 Å². The minimum absolute atomic E-state index is 0.369. The summed E-state index contributed by atoms with van der Waals surface area (Å²) < 4.78 is 0. The van der Waals surface area contributed by atoms with Crippen LogP contribution < -0.4 is 0 Å². The van der Waals surface area contributed by atoms with E-state index in [9.17, 15) is 9.90 Å². The largest absolute Gasteiger partial charge is 0.477 e. The Kier molecular flexibility index (Phi) is 5.37. The van der Waals surface area contributed by atoms with Crippen LogP contribution in [0.3, 0.4) is 0 Å². The van der Waals surface area contributed by atoms with E-state index in [-0.39, 0.29) is 0 Å². The van der Waals surface area contributed by atoms with Crippen molar-refractivity contribution in [1.29, 1.82) is 0 Å². The Morgan fingerprint density at radius 3 is 2.85 bits per heavy atom. The molecular weight excluding hydrogens is 292 g/mol. The van der Waals surface area contributed by atoms with Gasteiger partial charge in [-0.15, -0.1) is 23.1 Å². The predicted molar refractivity (Wildman–Crippen MR) is 84.0 cm³/mol. The van der Waals surface area contributed by atoms with E-state index in [0.717, 1.165) is 26.6 Å². The van der Waals surface area contributed by atoms with Gasteiger partial charge in [-0.2, -0.15) is 0 Å². The summed E-state index contributed by atoms with van der Waals surface area (Å²) in [6, 6.07) is 0. The van der Waals surface area contributed by atoms with Gasteiger partial charge in [-0.05, 0) is 24.7 Å². The van der Waals surface area contributed by atoms with Gasteiger partial charge in [0, 0.05) is 5.39 Å². The smallest absolute Gasteiger partial charge is 0.346 e. The average molecular weight is 310 g/mol. The van der Waals surface area contributed by atoms with E-state index in [1.165, 1.54) is 43.3 Å². The van der Waals surface area contributed by atoms with Crippen LogP contribution in [0.1, 0.15) is 47.8 Å². The molecule has 0 spiro atoms. The van der Waals surface area contributed by atoms with Crippen LogP contribution in [0.2, 0.25) is 0 Å². The first-order chi connectivity index (χ1) is 9.65. The van der Waals surface area contributed by atoms with E-state index in [0.29, 0.717) is 4.88 Å². The first-order valence-electron chi connectivity index (χ1n) is 6.75. The topological polar surface area (TPSA) is 63.1 Å². The van der Waals surface area contributed by atoms with E-state index >= 15 is 0 Å². The summed E-state index contributed by atoms with van der Waals surface area (Å²) in [5.74, 6) is 0.133. The van der Waals surface area contributed by atoms with Crippen molar-refractivity contribution in [1.82, 2.24) is 9.97 Å². The Hall–Kier alpha value is -1.14. The summed E-state index contributed by atoms with van der Waals surface area (Å²) in [4.78, 5) is 20.8. The molecule has 0 saturated heterocycles. The number of aromatic carboxylic acids is 1. The van der Waals surface area contributed by atoms with Gasteiger partial charge in [0.1, 0.15) is 21.1 Å². The third-order valence-electron chi connectivity index (χ3n) is 3.12. The van der Waals surface area contributed by atoms with Crippen molar-refractivity contribution in [3.63, 3.8) is 0 Å². The minimum atomic E-state index is -0.885. The summed E-state index contributed by atoms with van der Waals surface area (Å²) >= 11 is 2.93. The van der Waals surface area contributed by atoms with E-state index in [1.54, 1.807) is 11.8 Å². The van der Waals surface area contributed by atoms with Gasteiger partial charge in [-0.1, -0.05) is 26.2 Å². The molecule has 0 aliphatic carbocycles. The monoisotopic (exact) mass is 310 g/mol. The van der Waals surface area contributed by atoms with Gasteiger partial charge in [-0.3, -0.25) is 0 Å². The Bertz CT molecular complexity index is 610. The maximum absolute atomic E-state index is 11.2. The van der Waals surface area contributed by atoms with E-state index in [2.05, 4.69) is 16.9 Å². The van der Waals surface area contributed by atoms with Gasteiger partial charge in [0.15, 0.2) is 0 Å². The molecule has 0 fully saturated rings. The number of carbonyl (C=O) groups is 1. The molecule has 0 aliphatic rings. The van der Waals surface area contributed by atoms with Crippen molar-refractivity contribution in [2.75, 3.05) is 5.75 Å². The van der Waals surface area contributed by atoms with Crippen LogP contribution in [0.4, 0.5) is 0 Å². The first-order valence-corrected chi connectivity index (χ1v) is 8.55. The lowest BCUT2D eigenvalue weighted by molar-refractivity contribution is 0.0701. The molecule has 1 N–H and O–H groups in total. The second kappa shape index (κ2) is 7.04. The summed E-state index contributed by atoms with van der Waals surface area (Å²) in [7, 11) is 0. The predicted octanol–water partition coefficient (Wildman–Crippen LogP) is 4.37. The number of thioether (sulfide) groups is 1. The highest BCUT2D eigenvalue weighted by molar-refractivity contribution is 7.99. The fourth-order valence-electron chi connectivity index (χ4n) is 2.05. The molecule has 6 heteroatoms. The van der Waals surface area contributed by atoms with E-state index < -0.39 is 5.97 Å². The van der Waals surface area contributed by atoms with Gasteiger partial charge in [-0.25, -0.2) is 14.8 Å². The number of carboxylic acids is 1.